The fourth-order valence-electron chi connectivity index (χ4n) is 1.28. The van der Waals surface area contributed by atoms with E-state index in [2.05, 4.69) is 10.4 Å². The van der Waals surface area contributed by atoms with Crippen molar-refractivity contribution >= 4 is 17.6 Å². The van der Waals surface area contributed by atoms with Gasteiger partial charge >= 0.3 is 6.09 Å². The molecule has 1 rings (SSSR count). The first-order chi connectivity index (χ1) is 8.24. The first-order valence-electron chi connectivity index (χ1n) is 5.27. The molecule has 0 radical (unpaired) electrons. The minimum Gasteiger partial charge on any atom is -0.444 e. The van der Waals surface area contributed by atoms with Crippen LogP contribution < -0.4 is 5.32 Å². The van der Waals surface area contributed by atoms with Crippen molar-refractivity contribution in [3.8, 4) is 12.3 Å². The van der Waals surface area contributed by atoms with Crippen LogP contribution in [0, 0.1) is 12.3 Å². The number of aryl methyl sites for hydroxylation is 1. The number of hydrogen-bond acceptors (Lipinski definition) is 4. The Bertz CT molecular complexity index is 518. The Morgan fingerprint density at radius 1 is 1.50 bits per heavy atom. The quantitative estimate of drug-likeness (QED) is 0.490. The normalized spacial score (nSPS) is 10.6. The molecular weight excluding hydrogens is 234 g/mol. The van der Waals surface area contributed by atoms with Crippen molar-refractivity contribution in [2.24, 2.45) is 7.05 Å². The fourth-order valence-corrected chi connectivity index (χ4v) is 1.28. The summed E-state index contributed by atoms with van der Waals surface area (Å²) in [7, 11) is 1.56. The van der Waals surface area contributed by atoms with Gasteiger partial charge in [0.05, 0.1) is 11.9 Å². The lowest BCUT2D eigenvalue weighted by molar-refractivity contribution is 0.0636. The van der Waals surface area contributed by atoms with Crippen molar-refractivity contribution in [1.29, 1.82) is 0 Å². The van der Waals surface area contributed by atoms with Gasteiger partial charge in [0, 0.05) is 7.05 Å². The second-order valence-electron chi connectivity index (χ2n) is 4.63. The smallest absolute Gasteiger partial charge is 0.412 e. The van der Waals surface area contributed by atoms with E-state index in [4.69, 9.17) is 11.2 Å². The molecule has 0 saturated carbocycles. The first-order valence-corrected chi connectivity index (χ1v) is 5.27. The highest BCUT2D eigenvalue weighted by Gasteiger charge is 2.20. The average molecular weight is 249 g/mol. The maximum absolute atomic E-state index is 11.6. The van der Waals surface area contributed by atoms with Gasteiger partial charge in [-0.15, -0.1) is 6.42 Å². The van der Waals surface area contributed by atoms with Crippen molar-refractivity contribution < 1.29 is 14.3 Å². The number of aromatic nitrogens is 2. The average Bonchev–Trinajstić information content (AvgIpc) is 2.56. The monoisotopic (exact) mass is 249 g/mol. The zero-order chi connectivity index (χ0) is 13.9. The molecular formula is C12H15N3O3. The molecule has 0 aliphatic carbocycles. The Labute approximate surface area is 105 Å². The van der Waals surface area contributed by atoms with Crippen molar-refractivity contribution in [2.75, 3.05) is 5.32 Å². The van der Waals surface area contributed by atoms with Crippen LogP contribution in [-0.4, -0.2) is 27.3 Å². The Morgan fingerprint density at radius 2 is 2.11 bits per heavy atom. The molecule has 18 heavy (non-hydrogen) atoms. The molecule has 6 heteroatoms. The van der Waals surface area contributed by atoms with Crippen LogP contribution in [0.3, 0.4) is 0 Å². The van der Waals surface area contributed by atoms with Crippen LogP contribution in [0.1, 0.15) is 31.3 Å². The SMILES string of the molecule is C#CC(=O)c1c(NC(=O)OC(C)(C)C)cnn1C. The molecule has 0 unspecified atom stereocenters. The molecule has 0 bridgehead atoms. The fraction of sp³-hybridized carbons (Fsp3) is 0.417. The maximum Gasteiger partial charge on any atom is 0.412 e. The Hall–Kier alpha value is -2.29. The van der Waals surface area contributed by atoms with E-state index in [1.165, 1.54) is 10.9 Å². The predicted molar refractivity (Wildman–Crippen MR) is 66.2 cm³/mol. The van der Waals surface area contributed by atoms with Gasteiger partial charge in [-0.3, -0.25) is 14.8 Å². The van der Waals surface area contributed by atoms with E-state index >= 15 is 0 Å². The highest BCUT2D eigenvalue weighted by atomic mass is 16.6. The lowest BCUT2D eigenvalue weighted by atomic mass is 10.2. The molecule has 1 aromatic rings. The van der Waals surface area contributed by atoms with Crippen LogP contribution in [0.15, 0.2) is 6.20 Å². The van der Waals surface area contributed by atoms with Gasteiger partial charge in [-0.25, -0.2) is 4.79 Å². The van der Waals surface area contributed by atoms with Crippen molar-refractivity contribution in [3.05, 3.63) is 11.9 Å². The number of rotatable bonds is 2. The number of carbonyl (C=O) groups is 2. The summed E-state index contributed by atoms with van der Waals surface area (Å²) >= 11 is 0. The molecule has 1 amide bonds. The number of ketones is 1. The molecule has 6 nitrogen and oxygen atoms in total. The van der Waals surface area contributed by atoms with Gasteiger partial charge in [-0.05, 0) is 26.7 Å². The first kappa shape index (κ1) is 13.8. The van der Waals surface area contributed by atoms with Crippen molar-refractivity contribution in [1.82, 2.24) is 9.78 Å². The number of nitrogens with zero attached hydrogens (tertiary/aromatic N) is 2. The number of hydrogen-bond donors (Lipinski definition) is 1. The van der Waals surface area contributed by atoms with Crippen LogP contribution in [0.25, 0.3) is 0 Å². The number of nitrogens with one attached hydrogen (secondary N) is 1. The van der Waals surface area contributed by atoms with Gasteiger partial charge in [0.1, 0.15) is 11.3 Å². The molecule has 0 atom stereocenters. The summed E-state index contributed by atoms with van der Waals surface area (Å²) in [6.07, 6.45) is 5.73. The molecule has 0 spiro atoms. The second kappa shape index (κ2) is 4.92. The van der Waals surface area contributed by atoms with E-state index in [0.29, 0.717) is 0 Å². The van der Waals surface area contributed by atoms with Gasteiger partial charge in [-0.1, -0.05) is 0 Å². The van der Waals surface area contributed by atoms with Gasteiger partial charge in [0.2, 0.25) is 0 Å². The molecule has 0 aliphatic heterocycles. The van der Waals surface area contributed by atoms with E-state index in [0.717, 1.165) is 0 Å². The van der Waals surface area contributed by atoms with Crippen LogP contribution in [0.5, 0.6) is 0 Å². The molecule has 0 aliphatic rings. The third-order valence-electron chi connectivity index (χ3n) is 1.92. The number of terminal acetylenes is 1. The topological polar surface area (TPSA) is 73.2 Å². The summed E-state index contributed by atoms with van der Waals surface area (Å²) in [6.45, 7) is 5.22. The van der Waals surface area contributed by atoms with E-state index in [1.807, 2.05) is 5.92 Å². The van der Waals surface area contributed by atoms with Crippen molar-refractivity contribution in [2.45, 2.75) is 26.4 Å². The number of ether oxygens (including phenoxy) is 1. The lowest BCUT2D eigenvalue weighted by Crippen LogP contribution is -2.27. The van der Waals surface area contributed by atoms with Crippen molar-refractivity contribution in [3.63, 3.8) is 0 Å². The number of carbonyl (C=O) groups excluding carboxylic acids is 2. The van der Waals surface area contributed by atoms with Gasteiger partial charge in [0.15, 0.2) is 0 Å². The third-order valence-corrected chi connectivity index (χ3v) is 1.92. The summed E-state index contributed by atoms with van der Waals surface area (Å²) in [5.74, 6) is 1.42. The summed E-state index contributed by atoms with van der Waals surface area (Å²) in [5, 5.41) is 6.31. The minimum atomic E-state index is -0.665. The number of Topliss-reactive ketones (excluding diaryl/α,β-unsaturated/α-hetero) is 1. The molecule has 1 N–H and O–H groups in total. The van der Waals surface area contributed by atoms with Crippen LogP contribution >= 0.6 is 0 Å². The van der Waals surface area contributed by atoms with E-state index in [9.17, 15) is 9.59 Å². The van der Waals surface area contributed by atoms with Crippen LogP contribution in [0.4, 0.5) is 10.5 Å². The molecule has 0 fully saturated rings. The minimum absolute atomic E-state index is 0.142. The van der Waals surface area contributed by atoms with E-state index < -0.39 is 17.5 Å². The molecule has 1 aromatic heterocycles. The zero-order valence-corrected chi connectivity index (χ0v) is 10.8. The Kier molecular flexibility index (Phi) is 3.76. The molecule has 0 saturated heterocycles. The zero-order valence-electron chi connectivity index (χ0n) is 10.8. The lowest BCUT2D eigenvalue weighted by Gasteiger charge is -2.19. The van der Waals surface area contributed by atoms with Crippen LogP contribution in [0.2, 0.25) is 0 Å². The summed E-state index contributed by atoms with van der Waals surface area (Å²) in [6, 6.07) is 0. The largest absolute Gasteiger partial charge is 0.444 e. The highest BCUT2D eigenvalue weighted by molar-refractivity contribution is 6.12. The molecule has 0 aromatic carbocycles. The standard InChI is InChI=1S/C12H15N3O3/c1-6-9(16)10-8(7-13-15(10)5)14-11(17)18-12(2,3)4/h1,7H,2-5H3,(H,14,17). The van der Waals surface area contributed by atoms with Gasteiger partial charge < -0.3 is 4.74 Å². The number of amides is 1. The molecule has 1 heterocycles. The Balaban J connectivity index is 2.90. The van der Waals surface area contributed by atoms with Gasteiger partial charge in [0.25, 0.3) is 5.78 Å². The van der Waals surface area contributed by atoms with E-state index in [1.54, 1.807) is 27.8 Å². The predicted octanol–water partition coefficient (Wildman–Crippen LogP) is 1.58. The summed E-state index contributed by atoms with van der Waals surface area (Å²) in [4.78, 5) is 23.1. The summed E-state index contributed by atoms with van der Waals surface area (Å²) < 4.78 is 6.37. The van der Waals surface area contributed by atoms with E-state index in [-0.39, 0.29) is 11.4 Å². The highest BCUT2D eigenvalue weighted by Crippen LogP contribution is 2.16. The summed E-state index contributed by atoms with van der Waals surface area (Å²) in [5.41, 5.74) is -0.249. The number of anilines is 1. The Morgan fingerprint density at radius 3 is 2.61 bits per heavy atom. The maximum atomic E-state index is 11.6. The molecule has 96 valence electrons. The second-order valence-corrected chi connectivity index (χ2v) is 4.63. The third kappa shape index (κ3) is 3.35. The van der Waals surface area contributed by atoms with Crippen LogP contribution in [-0.2, 0) is 11.8 Å². The van der Waals surface area contributed by atoms with Gasteiger partial charge in [-0.2, -0.15) is 5.10 Å².